The topological polar surface area (TPSA) is 70.1 Å². The Bertz CT molecular complexity index is 899. The van der Waals surface area contributed by atoms with Gasteiger partial charge in [-0.05, 0) is 29.8 Å². The van der Waals surface area contributed by atoms with Crippen molar-refractivity contribution in [1.82, 2.24) is 9.97 Å². The van der Waals surface area contributed by atoms with E-state index in [0.717, 1.165) is 17.5 Å². The molecule has 3 rings (SSSR count). The molecule has 136 valence electrons. The van der Waals surface area contributed by atoms with E-state index >= 15 is 0 Å². The molecule has 0 aliphatic carbocycles. The Balaban J connectivity index is 1.83. The van der Waals surface area contributed by atoms with Crippen LogP contribution in [0.3, 0.4) is 0 Å². The summed E-state index contributed by atoms with van der Waals surface area (Å²) in [5.41, 5.74) is 0.470. The smallest absolute Gasteiger partial charge is 0.395 e. The fourth-order valence-electron chi connectivity index (χ4n) is 2.50. The van der Waals surface area contributed by atoms with Gasteiger partial charge < -0.3 is 15.7 Å². The van der Waals surface area contributed by atoms with Crippen molar-refractivity contribution in [2.24, 2.45) is 0 Å². The molecule has 26 heavy (non-hydrogen) atoms. The van der Waals surface area contributed by atoms with E-state index in [2.05, 4.69) is 20.6 Å². The largest absolute Gasteiger partial charge is 0.416 e. The number of anilines is 2. The van der Waals surface area contributed by atoms with Gasteiger partial charge in [-0.2, -0.15) is 18.2 Å². The van der Waals surface area contributed by atoms with Gasteiger partial charge >= 0.3 is 6.18 Å². The first-order valence-corrected chi connectivity index (χ1v) is 7.99. The van der Waals surface area contributed by atoms with E-state index in [0.29, 0.717) is 29.4 Å². The monoisotopic (exact) mass is 362 g/mol. The van der Waals surface area contributed by atoms with Crippen molar-refractivity contribution in [3.63, 3.8) is 0 Å². The van der Waals surface area contributed by atoms with E-state index in [9.17, 15) is 13.2 Å². The Hall–Kier alpha value is -2.87. The van der Waals surface area contributed by atoms with E-state index in [1.165, 1.54) is 6.07 Å². The number of aliphatic hydroxyl groups excluding tert-OH is 1. The number of para-hydroxylation sites is 1. The highest BCUT2D eigenvalue weighted by atomic mass is 19.4. The minimum Gasteiger partial charge on any atom is -0.395 e. The number of hydrogen-bond acceptors (Lipinski definition) is 5. The molecule has 0 fully saturated rings. The van der Waals surface area contributed by atoms with Crippen molar-refractivity contribution < 1.29 is 18.3 Å². The molecule has 2 aromatic carbocycles. The average molecular weight is 362 g/mol. The van der Waals surface area contributed by atoms with Crippen LogP contribution < -0.4 is 10.6 Å². The Morgan fingerprint density at radius 1 is 0.962 bits per heavy atom. The van der Waals surface area contributed by atoms with Crippen molar-refractivity contribution in [3.8, 4) is 0 Å². The second-order valence-corrected chi connectivity index (χ2v) is 5.62. The molecule has 0 bridgehead atoms. The first-order valence-electron chi connectivity index (χ1n) is 7.99. The van der Waals surface area contributed by atoms with Crippen LogP contribution in [0.2, 0.25) is 0 Å². The molecule has 0 amide bonds. The standard InChI is InChI=1S/C18H17F3N4O/c19-18(20,21)13-5-3-4-12(10-13)11-23-17-24-15-7-2-1-6-14(15)16(25-17)22-8-9-26/h1-7,10,26H,8-9,11H2,(H2,22,23,24,25). The fraction of sp³-hybridized carbons (Fsp3) is 0.222. The van der Waals surface area contributed by atoms with E-state index < -0.39 is 11.7 Å². The predicted octanol–water partition coefficient (Wildman–Crippen LogP) is 3.66. The van der Waals surface area contributed by atoms with Gasteiger partial charge in [0.15, 0.2) is 0 Å². The average Bonchev–Trinajstić information content (AvgIpc) is 2.64. The number of hydrogen-bond donors (Lipinski definition) is 3. The molecule has 0 saturated carbocycles. The van der Waals surface area contributed by atoms with Crippen LogP contribution in [0, 0.1) is 0 Å². The summed E-state index contributed by atoms with van der Waals surface area (Å²) in [5, 5.41) is 15.8. The number of rotatable bonds is 6. The number of nitrogens with one attached hydrogen (secondary N) is 2. The maximum absolute atomic E-state index is 12.8. The molecule has 0 saturated heterocycles. The van der Waals surface area contributed by atoms with Gasteiger partial charge in [0.25, 0.3) is 0 Å². The van der Waals surface area contributed by atoms with Crippen LogP contribution in [0.4, 0.5) is 24.9 Å². The number of fused-ring (bicyclic) bond motifs is 1. The minimum absolute atomic E-state index is 0.0503. The lowest BCUT2D eigenvalue weighted by Gasteiger charge is -2.12. The number of nitrogens with zero attached hydrogens (tertiary/aromatic N) is 2. The summed E-state index contributed by atoms with van der Waals surface area (Å²) < 4.78 is 38.4. The molecular formula is C18H17F3N4O. The molecule has 0 spiro atoms. The second-order valence-electron chi connectivity index (χ2n) is 5.62. The van der Waals surface area contributed by atoms with Gasteiger partial charge in [0.05, 0.1) is 17.7 Å². The third-order valence-corrected chi connectivity index (χ3v) is 3.71. The van der Waals surface area contributed by atoms with Gasteiger partial charge in [0.2, 0.25) is 5.95 Å². The first-order chi connectivity index (χ1) is 12.5. The molecule has 1 heterocycles. The Morgan fingerprint density at radius 3 is 2.54 bits per heavy atom. The van der Waals surface area contributed by atoms with Crippen LogP contribution in [-0.2, 0) is 12.7 Å². The molecular weight excluding hydrogens is 345 g/mol. The maximum Gasteiger partial charge on any atom is 0.416 e. The molecule has 0 unspecified atom stereocenters. The van der Waals surface area contributed by atoms with Crippen LogP contribution in [0.15, 0.2) is 48.5 Å². The fourth-order valence-corrected chi connectivity index (χ4v) is 2.50. The summed E-state index contributed by atoms with van der Waals surface area (Å²) in [6.45, 7) is 0.432. The quantitative estimate of drug-likeness (QED) is 0.624. The van der Waals surface area contributed by atoms with Gasteiger partial charge in [0.1, 0.15) is 5.82 Å². The molecule has 0 aliphatic heterocycles. The van der Waals surface area contributed by atoms with Crippen molar-refractivity contribution >= 4 is 22.7 Å². The van der Waals surface area contributed by atoms with Crippen molar-refractivity contribution in [1.29, 1.82) is 0 Å². The summed E-state index contributed by atoms with van der Waals surface area (Å²) in [7, 11) is 0. The van der Waals surface area contributed by atoms with E-state index in [4.69, 9.17) is 5.11 Å². The molecule has 3 aromatic rings. The van der Waals surface area contributed by atoms with E-state index in [-0.39, 0.29) is 13.2 Å². The van der Waals surface area contributed by atoms with Crippen molar-refractivity contribution in [3.05, 3.63) is 59.7 Å². The SMILES string of the molecule is OCCNc1nc(NCc2cccc(C(F)(F)F)c2)nc2ccccc12. The van der Waals surface area contributed by atoms with E-state index in [1.54, 1.807) is 6.07 Å². The summed E-state index contributed by atoms with van der Waals surface area (Å²) in [5.74, 6) is 0.845. The van der Waals surface area contributed by atoms with Crippen molar-refractivity contribution in [2.75, 3.05) is 23.8 Å². The lowest BCUT2D eigenvalue weighted by atomic mass is 10.1. The summed E-state index contributed by atoms with van der Waals surface area (Å²) in [6, 6.07) is 12.5. The zero-order chi connectivity index (χ0) is 18.6. The number of aliphatic hydroxyl groups is 1. The number of aromatic nitrogens is 2. The zero-order valence-corrected chi connectivity index (χ0v) is 13.7. The van der Waals surface area contributed by atoms with Crippen LogP contribution in [0.1, 0.15) is 11.1 Å². The van der Waals surface area contributed by atoms with Crippen LogP contribution in [-0.4, -0.2) is 28.2 Å². The summed E-state index contributed by atoms with van der Waals surface area (Å²) in [4.78, 5) is 8.74. The summed E-state index contributed by atoms with van der Waals surface area (Å²) in [6.07, 6.45) is -4.38. The lowest BCUT2D eigenvalue weighted by Crippen LogP contribution is -2.11. The highest BCUT2D eigenvalue weighted by Gasteiger charge is 2.30. The highest BCUT2D eigenvalue weighted by molar-refractivity contribution is 5.90. The zero-order valence-electron chi connectivity index (χ0n) is 13.7. The van der Waals surface area contributed by atoms with E-state index in [1.807, 2.05) is 24.3 Å². The highest BCUT2D eigenvalue weighted by Crippen LogP contribution is 2.29. The number of alkyl halides is 3. The molecule has 8 heteroatoms. The molecule has 0 aliphatic rings. The molecule has 5 nitrogen and oxygen atoms in total. The molecule has 1 aromatic heterocycles. The van der Waals surface area contributed by atoms with Crippen LogP contribution in [0.25, 0.3) is 10.9 Å². The number of benzene rings is 2. The molecule has 3 N–H and O–H groups in total. The summed E-state index contributed by atoms with van der Waals surface area (Å²) >= 11 is 0. The Morgan fingerprint density at radius 2 is 1.77 bits per heavy atom. The Kier molecular flexibility index (Phi) is 5.22. The lowest BCUT2D eigenvalue weighted by molar-refractivity contribution is -0.137. The van der Waals surface area contributed by atoms with Gasteiger partial charge in [-0.15, -0.1) is 0 Å². The predicted molar refractivity (Wildman–Crippen MR) is 93.9 cm³/mol. The van der Waals surface area contributed by atoms with Gasteiger partial charge in [-0.25, -0.2) is 4.98 Å². The first kappa shape index (κ1) is 17.9. The van der Waals surface area contributed by atoms with Crippen LogP contribution in [0.5, 0.6) is 0 Å². The molecule has 0 radical (unpaired) electrons. The van der Waals surface area contributed by atoms with Gasteiger partial charge in [0, 0.05) is 18.5 Å². The molecule has 0 atom stereocenters. The van der Waals surface area contributed by atoms with Gasteiger partial charge in [-0.1, -0.05) is 24.3 Å². The third kappa shape index (κ3) is 4.20. The second kappa shape index (κ2) is 7.57. The minimum atomic E-state index is -4.38. The maximum atomic E-state index is 12.8. The van der Waals surface area contributed by atoms with Crippen molar-refractivity contribution in [2.45, 2.75) is 12.7 Å². The van der Waals surface area contributed by atoms with Gasteiger partial charge in [-0.3, -0.25) is 0 Å². The Labute approximate surface area is 147 Å². The third-order valence-electron chi connectivity index (χ3n) is 3.71. The van der Waals surface area contributed by atoms with Crippen LogP contribution >= 0.6 is 0 Å². The normalized spacial score (nSPS) is 11.5. The number of halogens is 3.